The fourth-order valence-corrected chi connectivity index (χ4v) is 2.60. The molecule has 1 saturated heterocycles. The van der Waals surface area contributed by atoms with Crippen molar-refractivity contribution in [3.8, 4) is 0 Å². The van der Waals surface area contributed by atoms with Crippen LogP contribution in [0, 0.1) is 0 Å². The molecule has 2 aliphatic heterocycles. The number of para-hydroxylation sites is 1. The van der Waals surface area contributed by atoms with Crippen LogP contribution in [0.5, 0.6) is 0 Å². The van der Waals surface area contributed by atoms with Crippen LogP contribution in [0.25, 0.3) is 0 Å². The molecule has 1 fully saturated rings. The summed E-state index contributed by atoms with van der Waals surface area (Å²) < 4.78 is 0. The Labute approximate surface area is 94.4 Å². The second kappa shape index (κ2) is 3.57. The van der Waals surface area contributed by atoms with Crippen molar-refractivity contribution in [3.05, 3.63) is 29.8 Å². The van der Waals surface area contributed by atoms with Gasteiger partial charge in [0.2, 0.25) is 5.91 Å². The van der Waals surface area contributed by atoms with E-state index in [9.17, 15) is 4.79 Å². The summed E-state index contributed by atoms with van der Waals surface area (Å²) in [7, 11) is 0. The third-order valence-corrected chi connectivity index (χ3v) is 3.38. The molecule has 16 heavy (non-hydrogen) atoms. The summed E-state index contributed by atoms with van der Waals surface area (Å²) in [6, 6.07) is 7.95. The average Bonchev–Trinajstić information content (AvgIpc) is 2.80. The maximum atomic E-state index is 11.9. The highest BCUT2D eigenvalue weighted by molar-refractivity contribution is 6.02. The lowest BCUT2D eigenvalue weighted by Gasteiger charge is -2.21. The molecule has 3 rings (SSSR count). The molecule has 1 amide bonds. The van der Waals surface area contributed by atoms with Crippen LogP contribution in [-0.2, 0) is 4.79 Å². The number of benzene rings is 1. The Hall–Kier alpha value is -1.39. The number of hydrogen-bond acceptors (Lipinski definition) is 3. The zero-order valence-electron chi connectivity index (χ0n) is 9.02. The standard InChI is InChI=1S/C12H15N3O/c13-8-5-6-15(7-8)11-9-3-1-2-4-10(9)14-12(11)16/h1-4,8,11H,5-7,13H2,(H,14,16). The molecule has 4 heteroatoms. The van der Waals surface area contributed by atoms with E-state index in [0.29, 0.717) is 0 Å². The highest BCUT2D eigenvalue weighted by Crippen LogP contribution is 2.35. The quantitative estimate of drug-likeness (QED) is 0.728. The van der Waals surface area contributed by atoms with Crippen molar-refractivity contribution in [2.45, 2.75) is 18.5 Å². The molecule has 1 aromatic carbocycles. The minimum Gasteiger partial charge on any atom is -0.326 e. The monoisotopic (exact) mass is 217 g/mol. The van der Waals surface area contributed by atoms with Crippen LogP contribution in [0.3, 0.4) is 0 Å². The van der Waals surface area contributed by atoms with Crippen molar-refractivity contribution in [1.29, 1.82) is 0 Å². The van der Waals surface area contributed by atoms with Gasteiger partial charge in [0.15, 0.2) is 0 Å². The van der Waals surface area contributed by atoms with Gasteiger partial charge in [0.25, 0.3) is 0 Å². The van der Waals surface area contributed by atoms with E-state index in [1.165, 1.54) is 0 Å². The highest BCUT2D eigenvalue weighted by atomic mass is 16.2. The lowest BCUT2D eigenvalue weighted by Crippen LogP contribution is -2.33. The zero-order chi connectivity index (χ0) is 11.1. The first kappa shape index (κ1) is 9.81. The molecule has 0 aromatic heterocycles. The van der Waals surface area contributed by atoms with Gasteiger partial charge in [-0.05, 0) is 12.5 Å². The molecule has 2 heterocycles. The van der Waals surface area contributed by atoms with E-state index in [0.717, 1.165) is 30.8 Å². The van der Waals surface area contributed by atoms with Gasteiger partial charge in [-0.3, -0.25) is 9.69 Å². The van der Waals surface area contributed by atoms with Crippen LogP contribution in [0.1, 0.15) is 18.0 Å². The van der Waals surface area contributed by atoms with E-state index in [1.54, 1.807) is 0 Å². The van der Waals surface area contributed by atoms with Crippen LogP contribution in [0.15, 0.2) is 24.3 Å². The third kappa shape index (κ3) is 1.42. The van der Waals surface area contributed by atoms with Crippen molar-refractivity contribution >= 4 is 11.6 Å². The van der Waals surface area contributed by atoms with E-state index in [-0.39, 0.29) is 18.0 Å². The van der Waals surface area contributed by atoms with Crippen LogP contribution in [-0.4, -0.2) is 29.9 Å². The summed E-state index contributed by atoms with van der Waals surface area (Å²) in [6.07, 6.45) is 0.978. The van der Waals surface area contributed by atoms with Gasteiger partial charge in [0.05, 0.1) is 0 Å². The average molecular weight is 217 g/mol. The molecule has 0 radical (unpaired) electrons. The van der Waals surface area contributed by atoms with Crippen LogP contribution < -0.4 is 11.1 Å². The summed E-state index contributed by atoms with van der Waals surface area (Å²) >= 11 is 0. The Morgan fingerprint density at radius 2 is 2.19 bits per heavy atom. The second-order valence-electron chi connectivity index (χ2n) is 4.52. The normalized spacial score (nSPS) is 29.2. The van der Waals surface area contributed by atoms with Gasteiger partial charge in [-0.2, -0.15) is 0 Å². The lowest BCUT2D eigenvalue weighted by atomic mass is 10.1. The largest absolute Gasteiger partial charge is 0.326 e. The lowest BCUT2D eigenvalue weighted by molar-refractivity contribution is -0.120. The summed E-state index contributed by atoms with van der Waals surface area (Å²) in [5.41, 5.74) is 7.91. The number of rotatable bonds is 1. The van der Waals surface area contributed by atoms with Gasteiger partial charge < -0.3 is 11.1 Å². The molecular formula is C12H15N3O. The highest BCUT2D eigenvalue weighted by Gasteiger charge is 2.37. The first-order chi connectivity index (χ1) is 7.75. The predicted molar refractivity (Wildman–Crippen MR) is 62.0 cm³/mol. The van der Waals surface area contributed by atoms with Crippen molar-refractivity contribution in [2.75, 3.05) is 18.4 Å². The molecule has 1 aromatic rings. The van der Waals surface area contributed by atoms with Gasteiger partial charge in [-0.15, -0.1) is 0 Å². The van der Waals surface area contributed by atoms with Crippen LogP contribution in [0.2, 0.25) is 0 Å². The number of nitrogens with zero attached hydrogens (tertiary/aromatic N) is 1. The number of anilines is 1. The molecule has 3 N–H and O–H groups in total. The van der Waals surface area contributed by atoms with Crippen LogP contribution in [0.4, 0.5) is 5.69 Å². The number of amides is 1. The molecule has 2 aliphatic rings. The smallest absolute Gasteiger partial charge is 0.246 e. The summed E-state index contributed by atoms with van der Waals surface area (Å²) in [4.78, 5) is 14.1. The van der Waals surface area contributed by atoms with E-state index in [4.69, 9.17) is 5.73 Å². The fraction of sp³-hybridized carbons (Fsp3) is 0.417. The molecular weight excluding hydrogens is 202 g/mol. The Morgan fingerprint density at radius 3 is 2.94 bits per heavy atom. The van der Waals surface area contributed by atoms with E-state index in [2.05, 4.69) is 10.2 Å². The first-order valence-electron chi connectivity index (χ1n) is 5.65. The number of likely N-dealkylation sites (tertiary alicyclic amines) is 1. The van der Waals surface area contributed by atoms with Gasteiger partial charge >= 0.3 is 0 Å². The van der Waals surface area contributed by atoms with Crippen molar-refractivity contribution < 1.29 is 4.79 Å². The summed E-state index contributed by atoms with van der Waals surface area (Å²) in [6.45, 7) is 1.72. The number of nitrogens with one attached hydrogen (secondary N) is 1. The Morgan fingerprint density at radius 1 is 1.38 bits per heavy atom. The van der Waals surface area contributed by atoms with Gasteiger partial charge in [0, 0.05) is 30.4 Å². The SMILES string of the molecule is NC1CCN(C2C(=O)Nc3ccccc32)C1. The number of nitrogens with two attached hydrogens (primary N) is 1. The van der Waals surface area contributed by atoms with E-state index >= 15 is 0 Å². The second-order valence-corrected chi connectivity index (χ2v) is 4.52. The number of hydrogen-bond donors (Lipinski definition) is 2. The third-order valence-electron chi connectivity index (χ3n) is 3.38. The minimum absolute atomic E-state index is 0.0790. The Bertz CT molecular complexity index is 432. The van der Waals surface area contributed by atoms with Crippen molar-refractivity contribution in [2.24, 2.45) is 5.73 Å². The number of carbonyl (C=O) groups is 1. The summed E-state index contributed by atoms with van der Waals surface area (Å²) in [5.74, 6) is 0.0790. The molecule has 0 spiro atoms. The van der Waals surface area contributed by atoms with Gasteiger partial charge in [-0.25, -0.2) is 0 Å². The predicted octanol–water partition coefficient (Wildman–Crippen LogP) is 0.713. The molecule has 2 unspecified atom stereocenters. The van der Waals surface area contributed by atoms with Gasteiger partial charge in [0.1, 0.15) is 6.04 Å². The zero-order valence-corrected chi connectivity index (χ0v) is 9.02. The van der Waals surface area contributed by atoms with Crippen LogP contribution >= 0.6 is 0 Å². The first-order valence-corrected chi connectivity index (χ1v) is 5.65. The Kier molecular flexibility index (Phi) is 2.19. The van der Waals surface area contributed by atoms with Crippen molar-refractivity contribution in [3.63, 3.8) is 0 Å². The molecule has 4 nitrogen and oxygen atoms in total. The minimum atomic E-state index is -0.134. The molecule has 0 bridgehead atoms. The van der Waals surface area contributed by atoms with E-state index < -0.39 is 0 Å². The van der Waals surface area contributed by atoms with E-state index in [1.807, 2.05) is 24.3 Å². The topological polar surface area (TPSA) is 58.4 Å². The van der Waals surface area contributed by atoms with Gasteiger partial charge in [-0.1, -0.05) is 18.2 Å². The molecule has 0 saturated carbocycles. The maximum Gasteiger partial charge on any atom is 0.246 e. The number of carbonyl (C=O) groups excluding carboxylic acids is 1. The molecule has 2 atom stereocenters. The molecule has 0 aliphatic carbocycles. The summed E-state index contributed by atoms with van der Waals surface area (Å²) in [5, 5.41) is 2.92. The number of fused-ring (bicyclic) bond motifs is 1. The van der Waals surface area contributed by atoms with Crippen molar-refractivity contribution in [1.82, 2.24) is 4.90 Å². The molecule has 84 valence electrons. The fourth-order valence-electron chi connectivity index (χ4n) is 2.60. The maximum absolute atomic E-state index is 11.9. The Balaban J connectivity index is 1.93.